The fourth-order valence-corrected chi connectivity index (χ4v) is 7.59. The van der Waals surface area contributed by atoms with Crippen LogP contribution in [0.5, 0.6) is 5.75 Å². The van der Waals surface area contributed by atoms with Gasteiger partial charge in [-0.2, -0.15) is 0 Å². The highest BCUT2D eigenvalue weighted by Gasteiger charge is 2.64. The number of ether oxygens (including phenoxy) is 2. The molecule has 4 atom stereocenters. The molecule has 0 bridgehead atoms. The molecule has 4 aliphatic carbocycles. The lowest BCUT2D eigenvalue weighted by molar-refractivity contribution is -0.154. The van der Waals surface area contributed by atoms with Crippen LogP contribution in [0, 0.1) is 17.8 Å². The molecule has 0 heterocycles. The fraction of sp³-hybridized carbons (Fsp3) is 0.531. The van der Waals surface area contributed by atoms with Gasteiger partial charge in [-0.25, -0.2) is 4.79 Å². The van der Waals surface area contributed by atoms with Crippen molar-refractivity contribution in [2.24, 2.45) is 23.5 Å². The maximum Gasteiger partial charge on any atom is 0.414 e. The number of phenols is 1. The number of esters is 1. The number of phenolic OH excluding ortho intramolecular Hbond substituents is 1. The third-order valence-electron chi connectivity index (χ3n) is 9.76. The first-order valence-corrected chi connectivity index (χ1v) is 15.4. The van der Waals surface area contributed by atoms with Gasteiger partial charge in [0, 0.05) is 37.7 Å². The zero-order valence-electron chi connectivity index (χ0n) is 26.7. The number of nitrogens with one attached hydrogen (secondary N) is 1. The number of Topliss-reactive ketones (excluding diaryl/α,β-unsaturated/α-hetero) is 2. The van der Waals surface area contributed by atoms with Gasteiger partial charge in [-0.1, -0.05) is 12.8 Å². The Hall–Kier alpha value is -4.63. The van der Waals surface area contributed by atoms with Gasteiger partial charge in [0.15, 0.2) is 17.1 Å². The number of nitrogens with two attached hydrogens (primary N) is 1. The Morgan fingerprint density at radius 3 is 2.32 bits per heavy atom. The minimum Gasteiger partial charge on any atom is -0.508 e. The van der Waals surface area contributed by atoms with Crippen molar-refractivity contribution in [2.75, 3.05) is 45.2 Å². The first-order chi connectivity index (χ1) is 22.1. The second-order valence-corrected chi connectivity index (χ2v) is 13.0. The molecule has 2 fully saturated rings. The average molecular weight is 657 g/mol. The maximum absolute atomic E-state index is 14.1. The van der Waals surface area contributed by atoms with Crippen LogP contribution in [-0.2, 0) is 35.1 Å². The number of rotatable bonds is 8. The topological polar surface area (TPSA) is 229 Å². The second kappa shape index (κ2) is 12.5. The number of ketones is 2. The molecular weight excluding hydrogens is 616 g/mol. The molecule has 0 unspecified atom stereocenters. The van der Waals surface area contributed by atoms with Crippen LogP contribution >= 0.6 is 0 Å². The number of anilines is 2. The summed E-state index contributed by atoms with van der Waals surface area (Å²) in [5, 5.41) is 48.1. The van der Waals surface area contributed by atoms with Crippen LogP contribution in [0.4, 0.5) is 16.2 Å². The molecule has 47 heavy (non-hydrogen) atoms. The fourth-order valence-electron chi connectivity index (χ4n) is 7.59. The van der Waals surface area contributed by atoms with E-state index in [-0.39, 0.29) is 42.0 Å². The molecular formula is C32H40N4O11. The molecule has 15 heteroatoms. The number of fused-ring (bicyclic) bond motifs is 3. The number of aliphatic hydroxyl groups is 3. The summed E-state index contributed by atoms with van der Waals surface area (Å²) in [4.78, 5) is 67.4. The van der Waals surface area contributed by atoms with Crippen molar-refractivity contribution >= 4 is 46.7 Å². The van der Waals surface area contributed by atoms with E-state index in [4.69, 9.17) is 15.2 Å². The van der Waals surface area contributed by atoms with Crippen molar-refractivity contribution in [1.82, 2.24) is 4.90 Å². The van der Waals surface area contributed by atoms with Gasteiger partial charge in [-0.3, -0.25) is 29.4 Å². The number of hydrogen-bond acceptors (Lipinski definition) is 13. The Labute approximate surface area is 270 Å². The molecule has 1 aromatic carbocycles. The van der Waals surface area contributed by atoms with Gasteiger partial charge >= 0.3 is 12.1 Å². The number of amides is 2. The zero-order chi connectivity index (χ0) is 34.5. The van der Waals surface area contributed by atoms with Gasteiger partial charge in [-0.15, -0.1) is 0 Å². The summed E-state index contributed by atoms with van der Waals surface area (Å²) in [6, 6.07) is 0.245. The van der Waals surface area contributed by atoms with Gasteiger partial charge in [0.25, 0.3) is 5.91 Å². The van der Waals surface area contributed by atoms with Gasteiger partial charge in [0.2, 0.25) is 12.6 Å². The molecule has 5 rings (SSSR count). The van der Waals surface area contributed by atoms with Crippen molar-refractivity contribution in [1.29, 1.82) is 0 Å². The summed E-state index contributed by atoms with van der Waals surface area (Å²) in [7, 11) is 6.43. The molecule has 2 amide bonds. The largest absolute Gasteiger partial charge is 0.508 e. The number of hydrogen-bond donors (Lipinski definition) is 6. The molecule has 254 valence electrons. The number of benzene rings is 1. The lowest BCUT2D eigenvalue weighted by Gasteiger charge is -2.50. The first-order valence-electron chi connectivity index (χ1n) is 15.4. The van der Waals surface area contributed by atoms with Crippen LogP contribution in [0.1, 0.15) is 49.7 Å². The number of carbonyl (C=O) groups excluding carboxylic acids is 5. The number of primary amides is 1. The van der Waals surface area contributed by atoms with Crippen LogP contribution in [-0.4, -0.2) is 101 Å². The van der Waals surface area contributed by atoms with Crippen molar-refractivity contribution in [2.45, 2.75) is 56.6 Å². The van der Waals surface area contributed by atoms with Crippen LogP contribution < -0.4 is 16.0 Å². The predicted octanol–water partition coefficient (Wildman–Crippen LogP) is 1.66. The molecule has 0 radical (unpaired) electrons. The first kappa shape index (κ1) is 33.7. The number of aromatic hydroxyl groups is 1. The molecule has 0 aromatic heterocycles. The normalized spacial score (nSPS) is 25.7. The Bertz CT molecular complexity index is 1610. The molecule has 0 aliphatic heterocycles. The monoisotopic (exact) mass is 656 g/mol. The van der Waals surface area contributed by atoms with Crippen molar-refractivity contribution in [3.05, 3.63) is 34.1 Å². The third-order valence-corrected chi connectivity index (χ3v) is 9.76. The Morgan fingerprint density at radius 2 is 1.72 bits per heavy atom. The lowest BCUT2D eigenvalue weighted by Crippen LogP contribution is -2.65. The minimum absolute atomic E-state index is 0.0643. The SMILES string of the molecule is CN(C)c1cc(NC(=O)OCOC(=O)CC2CCCC2)c(O)c2c1C[C@H]1C[C@H]3[C@H](N(C)C)C(=O)C(C(N)=O)=C(O)[C@@]3(O)C(=O)C1=C2O. The molecule has 7 N–H and O–H groups in total. The van der Waals surface area contributed by atoms with E-state index in [1.54, 1.807) is 19.0 Å². The predicted molar refractivity (Wildman–Crippen MR) is 166 cm³/mol. The van der Waals surface area contributed by atoms with Gasteiger partial charge in [0.05, 0.1) is 17.3 Å². The standard InChI is InChI=1S/C32H40N4O11/c1-35(2)19-12-18(34-31(44)47-13-46-20(37)9-14-7-5-6-8-14)25(38)22-16(19)10-15-11-17-24(36(3)4)27(40)23(30(33)43)29(42)32(17,45)28(41)21(15)26(22)39/h12,14-15,17,24,38-39,42,45H,5-11,13H2,1-4H3,(H2,33,43)(H,34,44)/t15-,17-,24-,32-/m0/s1. The van der Waals surface area contributed by atoms with Gasteiger partial charge in [0.1, 0.15) is 17.1 Å². The minimum atomic E-state index is -2.78. The highest BCUT2D eigenvalue weighted by molar-refractivity contribution is 6.24. The van der Waals surface area contributed by atoms with E-state index in [1.165, 1.54) is 25.1 Å². The van der Waals surface area contributed by atoms with E-state index in [1.807, 2.05) is 0 Å². The lowest BCUT2D eigenvalue weighted by atomic mass is 9.57. The molecule has 2 saturated carbocycles. The summed E-state index contributed by atoms with van der Waals surface area (Å²) in [5.74, 6) is -8.05. The highest BCUT2D eigenvalue weighted by atomic mass is 16.7. The molecule has 4 aliphatic rings. The van der Waals surface area contributed by atoms with E-state index in [0.29, 0.717) is 11.3 Å². The quantitative estimate of drug-likeness (QED) is 0.101. The van der Waals surface area contributed by atoms with Gasteiger partial charge in [-0.05, 0) is 63.2 Å². The van der Waals surface area contributed by atoms with E-state index < -0.39 is 82.6 Å². The summed E-state index contributed by atoms with van der Waals surface area (Å²) >= 11 is 0. The Balaban J connectivity index is 1.48. The zero-order valence-corrected chi connectivity index (χ0v) is 26.7. The maximum atomic E-state index is 14.1. The third kappa shape index (κ3) is 5.67. The summed E-state index contributed by atoms with van der Waals surface area (Å²) in [6.07, 6.45) is 3.18. The van der Waals surface area contributed by atoms with Crippen molar-refractivity contribution < 1.29 is 53.9 Å². The van der Waals surface area contributed by atoms with Crippen LogP contribution in [0.2, 0.25) is 0 Å². The van der Waals surface area contributed by atoms with E-state index >= 15 is 0 Å². The Kier molecular flexibility index (Phi) is 8.99. The molecule has 1 aromatic rings. The van der Waals surface area contributed by atoms with Crippen molar-refractivity contribution in [3.63, 3.8) is 0 Å². The van der Waals surface area contributed by atoms with Gasteiger partial charge < -0.3 is 40.5 Å². The highest BCUT2D eigenvalue weighted by Crippen LogP contribution is 2.54. The van der Waals surface area contributed by atoms with Crippen LogP contribution in [0.3, 0.4) is 0 Å². The molecule has 15 nitrogen and oxygen atoms in total. The van der Waals surface area contributed by atoms with E-state index in [2.05, 4.69) is 5.32 Å². The number of carbonyl (C=O) groups is 5. The summed E-state index contributed by atoms with van der Waals surface area (Å²) < 4.78 is 10.00. The van der Waals surface area contributed by atoms with Crippen molar-refractivity contribution in [3.8, 4) is 5.75 Å². The van der Waals surface area contributed by atoms with E-state index in [9.17, 15) is 44.4 Å². The number of aliphatic hydroxyl groups excluding tert-OH is 2. The molecule has 0 spiro atoms. The summed E-state index contributed by atoms with van der Waals surface area (Å²) in [5.41, 5.74) is 1.83. The Morgan fingerprint density at radius 1 is 1.06 bits per heavy atom. The average Bonchev–Trinajstić information content (AvgIpc) is 3.48. The number of nitrogens with zero attached hydrogens (tertiary/aromatic N) is 2. The molecule has 0 saturated heterocycles. The van der Waals surface area contributed by atoms with E-state index in [0.717, 1.165) is 25.7 Å². The van der Waals surface area contributed by atoms with Crippen LogP contribution in [0.15, 0.2) is 23.0 Å². The van der Waals surface area contributed by atoms with Crippen LogP contribution in [0.25, 0.3) is 5.76 Å². The summed E-state index contributed by atoms with van der Waals surface area (Å²) in [6.45, 7) is -0.657. The number of likely N-dealkylation sites (N-methyl/N-ethyl adjacent to an activating group) is 1. The second-order valence-electron chi connectivity index (χ2n) is 13.0. The smallest absolute Gasteiger partial charge is 0.414 e.